The molecular weight excluding hydrogens is 366 g/mol. The Kier molecular flexibility index (Phi) is 5.38. The van der Waals surface area contributed by atoms with Gasteiger partial charge < -0.3 is 9.47 Å². The summed E-state index contributed by atoms with van der Waals surface area (Å²) in [5.41, 5.74) is 0. The van der Waals surface area contributed by atoms with Crippen molar-refractivity contribution in [1.82, 2.24) is 4.90 Å². The summed E-state index contributed by atoms with van der Waals surface area (Å²) in [7, 11) is -7.15. The van der Waals surface area contributed by atoms with Crippen molar-refractivity contribution in [3.8, 4) is 5.75 Å². The second-order valence-electron chi connectivity index (χ2n) is 6.28. The maximum atomic E-state index is 13.1. The lowest BCUT2D eigenvalue weighted by Crippen LogP contribution is -2.50. The molecule has 0 aliphatic carbocycles. The summed E-state index contributed by atoms with van der Waals surface area (Å²) in [5, 5.41) is -0.950. The average molecular weight is 389 g/mol. The van der Waals surface area contributed by atoms with Gasteiger partial charge in [0, 0.05) is 19.1 Å². The third kappa shape index (κ3) is 3.99. The molecule has 0 saturated carbocycles. The molecule has 0 N–H and O–H groups in total. The number of hydrogen-bond acceptors (Lipinski definition) is 7. The van der Waals surface area contributed by atoms with Gasteiger partial charge in [-0.1, -0.05) is 0 Å². The number of sulfone groups is 2. The van der Waals surface area contributed by atoms with Crippen molar-refractivity contribution in [2.45, 2.75) is 23.1 Å². The van der Waals surface area contributed by atoms with Crippen LogP contribution in [-0.4, -0.2) is 77.4 Å². The molecule has 2 unspecified atom stereocenters. The maximum Gasteiger partial charge on any atom is 0.183 e. The molecule has 3 rings (SSSR count). The fraction of sp³-hybridized carbons (Fsp3) is 0.625. The topological polar surface area (TPSA) is 90.0 Å². The van der Waals surface area contributed by atoms with Gasteiger partial charge >= 0.3 is 0 Å². The summed E-state index contributed by atoms with van der Waals surface area (Å²) < 4.78 is 61.1. The molecule has 0 aromatic heterocycles. The summed E-state index contributed by atoms with van der Waals surface area (Å²) in [6.07, 6.45) is 0. The molecule has 1 aromatic carbocycles. The number of nitrogens with zero attached hydrogens (tertiary/aromatic N) is 1. The highest BCUT2D eigenvalue weighted by atomic mass is 32.2. The van der Waals surface area contributed by atoms with Crippen LogP contribution in [0.4, 0.5) is 0 Å². The second kappa shape index (κ2) is 7.22. The lowest BCUT2D eigenvalue weighted by Gasteiger charge is -2.34. The highest BCUT2D eigenvalue weighted by Crippen LogP contribution is 2.30. The molecule has 0 amide bonds. The summed E-state index contributed by atoms with van der Waals surface area (Å²) in [6.45, 7) is 4.43. The van der Waals surface area contributed by atoms with E-state index in [-0.39, 0.29) is 16.4 Å². The highest BCUT2D eigenvalue weighted by Gasteiger charge is 2.48. The van der Waals surface area contributed by atoms with Crippen LogP contribution in [0.2, 0.25) is 0 Å². The van der Waals surface area contributed by atoms with Crippen molar-refractivity contribution in [1.29, 1.82) is 0 Å². The van der Waals surface area contributed by atoms with Crippen LogP contribution in [0.5, 0.6) is 5.75 Å². The van der Waals surface area contributed by atoms with Crippen LogP contribution in [0, 0.1) is 0 Å². The third-order valence-electron chi connectivity index (χ3n) is 4.65. The van der Waals surface area contributed by atoms with Gasteiger partial charge in [-0.05, 0) is 31.2 Å². The molecule has 2 aliphatic heterocycles. The zero-order valence-corrected chi connectivity index (χ0v) is 15.8. The smallest absolute Gasteiger partial charge is 0.183 e. The molecule has 2 aliphatic rings. The summed E-state index contributed by atoms with van der Waals surface area (Å²) in [5.74, 6) is 0.142. The Hall–Kier alpha value is -1.16. The minimum atomic E-state index is -3.76. The van der Waals surface area contributed by atoms with Gasteiger partial charge in [-0.3, -0.25) is 4.90 Å². The van der Waals surface area contributed by atoms with E-state index >= 15 is 0 Å². The Morgan fingerprint density at radius 3 is 2.40 bits per heavy atom. The molecule has 2 fully saturated rings. The normalized spacial score (nSPS) is 27.2. The number of rotatable bonds is 5. The second-order valence-corrected chi connectivity index (χ2v) is 10.6. The van der Waals surface area contributed by atoms with E-state index in [0.717, 1.165) is 0 Å². The van der Waals surface area contributed by atoms with Gasteiger partial charge in [-0.25, -0.2) is 16.8 Å². The molecule has 2 heterocycles. The van der Waals surface area contributed by atoms with E-state index in [1.165, 1.54) is 12.1 Å². The van der Waals surface area contributed by atoms with E-state index in [4.69, 9.17) is 9.47 Å². The predicted molar refractivity (Wildman–Crippen MR) is 93.4 cm³/mol. The van der Waals surface area contributed by atoms with Gasteiger partial charge in [-0.15, -0.1) is 0 Å². The van der Waals surface area contributed by atoms with Crippen LogP contribution in [-0.2, 0) is 24.4 Å². The van der Waals surface area contributed by atoms with Gasteiger partial charge in [0.15, 0.2) is 19.7 Å². The lowest BCUT2D eigenvalue weighted by atomic mass is 10.2. The van der Waals surface area contributed by atoms with Crippen molar-refractivity contribution in [3.63, 3.8) is 0 Å². The molecule has 2 saturated heterocycles. The number of hydrogen-bond donors (Lipinski definition) is 0. The zero-order chi connectivity index (χ0) is 18.1. The van der Waals surface area contributed by atoms with Gasteiger partial charge in [0.1, 0.15) is 5.75 Å². The van der Waals surface area contributed by atoms with Crippen LogP contribution < -0.4 is 4.74 Å². The molecule has 25 heavy (non-hydrogen) atoms. The SMILES string of the molecule is CCOc1ccc(S(=O)(=O)C2CS(=O)(=O)CC2N2CCOCC2)cc1. The zero-order valence-electron chi connectivity index (χ0n) is 14.1. The van der Waals surface area contributed by atoms with Crippen molar-refractivity contribution in [2.75, 3.05) is 44.4 Å². The number of ether oxygens (including phenoxy) is 2. The van der Waals surface area contributed by atoms with Crippen LogP contribution in [0.3, 0.4) is 0 Å². The van der Waals surface area contributed by atoms with Crippen molar-refractivity contribution in [3.05, 3.63) is 24.3 Å². The first-order valence-corrected chi connectivity index (χ1v) is 11.7. The van der Waals surface area contributed by atoms with Crippen LogP contribution in [0.15, 0.2) is 29.2 Å². The molecular formula is C16H23NO6S2. The summed E-state index contributed by atoms with van der Waals surface area (Å²) in [6, 6.07) is 5.65. The Morgan fingerprint density at radius 1 is 1.16 bits per heavy atom. The number of morpholine rings is 1. The Labute approximate surface area is 148 Å². The first-order chi connectivity index (χ1) is 11.8. The molecule has 9 heteroatoms. The highest BCUT2D eigenvalue weighted by molar-refractivity contribution is 7.96. The first kappa shape index (κ1) is 18.6. The molecule has 0 radical (unpaired) electrons. The fourth-order valence-electron chi connectivity index (χ4n) is 3.41. The molecule has 140 valence electrons. The average Bonchev–Trinajstić information content (AvgIpc) is 2.93. The van der Waals surface area contributed by atoms with Crippen LogP contribution in [0.1, 0.15) is 6.92 Å². The Bertz CT molecular complexity index is 798. The third-order valence-corrected chi connectivity index (χ3v) is 8.78. The monoisotopic (exact) mass is 389 g/mol. The predicted octanol–water partition coefficient (Wildman–Crippen LogP) is 0.357. The first-order valence-electron chi connectivity index (χ1n) is 8.32. The van der Waals surface area contributed by atoms with Gasteiger partial charge in [0.05, 0.1) is 41.5 Å². The largest absolute Gasteiger partial charge is 0.494 e. The Morgan fingerprint density at radius 2 is 1.80 bits per heavy atom. The fourth-order valence-corrected chi connectivity index (χ4v) is 8.24. The van der Waals surface area contributed by atoms with Crippen LogP contribution in [0.25, 0.3) is 0 Å². The van der Waals surface area contributed by atoms with E-state index in [9.17, 15) is 16.8 Å². The maximum absolute atomic E-state index is 13.1. The van der Waals surface area contributed by atoms with Crippen molar-refractivity contribution >= 4 is 19.7 Å². The summed E-state index contributed by atoms with van der Waals surface area (Å²) >= 11 is 0. The lowest BCUT2D eigenvalue weighted by molar-refractivity contribution is 0.0222. The van der Waals surface area contributed by atoms with Crippen molar-refractivity contribution in [2.24, 2.45) is 0 Å². The van der Waals surface area contributed by atoms with E-state index in [1.54, 1.807) is 12.1 Å². The number of benzene rings is 1. The molecule has 0 bridgehead atoms. The van der Waals surface area contributed by atoms with E-state index < -0.39 is 31.0 Å². The molecule has 0 spiro atoms. The quantitative estimate of drug-likeness (QED) is 0.718. The van der Waals surface area contributed by atoms with Crippen LogP contribution >= 0.6 is 0 Å². The molecule has 2 atom stereocenters. The molecule has 7 nitrogen and oxygen atoms in total. The minimum absolute atomic E-state index is 0.117. The minimum Gasteiger partial charge on any atom is -0.494 e. The van der Waals surface area contributed by atoms with E-state index in [1.807, 2.05) is 11.8 Å². The van der Waals surface area contributed by atoms with Gasteiger partial charge in [-0.2, -0.15) is 0 Å². The summed E-state index contributed by atoms with van der Waals surface area (Å²) in [4.78, 5) is 2.07. The van der Waals surface area contributed by atoms with E-state index in [2.05, 4.69) is 0 Å². The van der Waals surface area contributed by atoms with Gasteiger partial charge in [0.25, 0.3) is 0 Å². The van der Waals surface area contributed by atoms with E-state index in [0.29, 0.717) is 38.7 Å². The standard InChI is InChI=1S/C16H23NO6S2/c1-2-23-13-3-5-14(6-4-13)25(20,21)16-12-24(18,19)11-15(16)17-7-9-22-10-8-17/h3-6,15-16H,2,7-12H2,1H3. The molecule has 1 aromatic rings. The Balaban J connectivity index is 1.90. The van der Waals surface area contributed by atoms with Crippen molar-refractivity contribution < 1.29 is 26.3 Å². The van der Waals surface area contributed by atoms with Gasteiger partial charge in [0.2, 0.25) is 0 Å².